The highest BCUT2D eigenvalue weighted by atomic mass is 32.1. The zero-order valence-electron chi connectivity index (χ0n) is 12.3. The SMILES string of the molecule is CCOc1ccc2ccccc2c1-c1nc(C)c(C(=O)[O-])s1. The van der Waals surface area contributed by atoms with Crippen LogP contribution in [0.5, 0.6) is 5.75 Å². The predicted octanol–water partition coefficient (Wildman–Crippen LogP) is 3.03. The normalized spacial score (nSPS) is 10.8. The van der Waals surface area contributed by atoms with E-state index in [0.29, 0.717) is 23.1 Å². The molecule has 0 atom stereocenters. The van der Waals surface area contributed by atoms with Crippen molar-refractivity contribution < 1.29 is 14.6 Å². The molecule has 0 amide bonds. The topological polar surface area (TPSA) is 62.2 Å². The van der Waals surface area contributed by atoms with Gasteiger partial charge >= 0.3 is 0 Å². The standard InChI is InChI=1S/C17H15NO3S/c1-3-21-13-9-8-11-6-4-5-7-12(11)14(13)16-18-10(2)15(22-16)17(19)20/h4-9H,3H2,1-2H3,(H,19,20)/p-1. The van der Waals surface area contributed by atoms with Crippen molar-refractivity contribution in [2.45, 2.75) is 13.8 Å². The van der Waals surface area contributed by atoms with Gasteiger partial charge in [-0.1, -0.05) is 30.3 Å². The summed E-state index contributed by atoms with van der Waals surface area (Å²) in [6.07, 6.45) is 0. The zero-order chi connectivity index (χ0) is 15.7. The van der Waals surface area contributed by atoms with Crippen molar-refractivity contribution in [1.82, 2.24) is 4.98 Å². The average Bonchev–Trinajstić information content (AvgIpc) is 2.89. The van der Waals surface area contributed by atoms with Crippen molar-refractivity contribution in [2.24, 2.45) is 0 Å². The number of carboxylic acids is 1. The number of fused-ring (bicyclic) bond motifs is 1. The number of hydrogen-bond donors (Lipinski definition) is 0. The molecule has 1 heterocycles. The van der Waals surface area contributed by atoms with Gasteiger partial charge < -0.3 is 14.6 Å². The van der Waals surface area contributed by atoms with Gasteiger partial charge in [0.25, 0.3) is 0 Å². The first kappa shape index (κ1) is 14.5. The molecule has 0 aliphatic rings. The Balaban J connectivity index is 2.29. The Morgan fingerprint density at radius 1 is 1.27 bits per heavy atom. The summed E-state index contributed by atoms with van der Waals surface area (Å²) in [4.78, 5) is 15.7. The summed E-state index contributed by atoms with van der Waals surface area (Å²) in [5, 5.41) is 13.9. The van der Waals surface area contributed by atoms with Crippen LogP contribution in [0.2, 0.25) is 0 Å². The number of aryl methyl sites for hydroxylation is 1. The van der Waals surface area contributed by atoms with Gasteiger partial charge in [-0.25, -0.2) is 4.98 Å². The van der Waals surface area contributed by atoms with E-state index in [1.54, 1.807) is 6.92 Å². The van der Waals surface area contributed by atoms with Crippen LogP contribution in [0.3, 0.4) is 0 Å². The van der Waals surface area contributed by atoms with Gasteiger partial charge in [0, 0.05) is 0 Å². The van der Waals surface area contributed by atoms with Crippen LogP contribution in [-0.2, 0) is 0 Å². The Morgan fingerprint density at radius 2 is 2.05 bits per heavy atom. The third kappa shape index (κ3) is 2.44. The maximum absolute atomic E-state index is 11.2. The Kier molecular flexibility index (Phi) is 3.81. The van der Waals surface area contributed by atoms with Gasteiger partial charge in [0.1, 0.15) is 10.8 Å². The molecule has 1 aromatic heterocycles. The summed E-state index contributed by atoms with van der Waals surface area (Å²) in [6, 6.07) is 11.8. The molecule has 0 radical (unpaired) electrons. The number of carbonyl (C=O) groups excluding carboxylic acids is 1. The van der Waals surface area contributed by atoms with Crippen LogP contribution in [0.25, 0.3) is 21.3 Å². The lowest BCUT2D eigenvalue weighted by atomic mass is 10.0. The number of carbonyl (C=O) groups is 1. The first-order valence-corrected chi connectivity index (χ1v) is 7.77. The molecule has 0 unspecified atom stereocenters. The molecular formula is C17H14NO3S-. The Hall–Kier alpha value is -2.40. The van der Waals surface area contributed by atoms with Gasteiger partial charge in [0.15, 0.2) is 0 Å². The molecule has 0 bridgehead atoms. The maximum atomic E-state index is 11.2. The lowest BCUT2D eigenvalue weighted by Crippen LogP contribution is -2.21. The van der Waals surface area contributed by atoms with Crippen molar-refractivity contribution in [3.63, 3.8) is 0 Å². The number of hydrogen-bond acceptors (Lipinski definition) is 5. The quantitative estimate of drug-likeness (QED) is 0.743. The third-order valence-corrected chi connectivity index (χ3v) is 4.54. The molecule has 3 aromatic rings. The molecule has 112 valence electrons. The van der Waals surface area contributed by atoms with E-state index in [0.717, 1.165) is 27.7 Å². The lowest BCUT2D eigenvalue weighted by Gasteiger charge is -2.11. The van der Waals surface area contributed by atoms with E-state index in [-0.39, 0.29) is 4.88 Å². The minimum absolute atomic E-state index is 0.158. The largest absolute Gasteiger partial charge is 0.544 e. The molecule has 0 N–H and O–H groups in total. The molecular weight excluding hydrogens is 298 g/mol. The van der Waals surface area contributed by atoms with Crippen molar-refractivity contribution >= 4 is 28.1 Å². The third-order valence-electron chi connectivity index (χ3n) is 3.39. The van der Waals surface area contributed by atoms with Crippen LogP contribution < -0.4 is 9.84 Å². The number of thiazole rings is 1. The summed E-state index contributed by atoms with van der Waals surface area (Å²) in [5.41, 5.74) is 1.30. The van der Waals surface area contributed by atoms with E-state index < -0.39 is 5.97 Å². The Labute approximate surface area is 132 Å². The van der Waals surface area contributed by atoms with Crippen molar-refractivity contribution in [3.8, 4) is 16.3 Å². The number of benzene rings is 2. The Morgan fingerprint density at radius 3 is 2.73 bits per heavy atom. The predicted molar refractivity (Wildman–Crippen MR) is 85.3 cm³/mol. The number of aromatic nitrogens is 1. The summed E-state index contributed by atoms with van der Waals surface area (Å²) in [7, 11) is 0. The van der Waals surface area contributed by atoms with Gasteiger partial charge in [-0.2, -0.15) is 0 Å². The zero-order valence-corrected chi connectivity index (χ0v) is 13.1. The molecule has 0 aliphatic heterocycles. The fraction of sp³-hybridized carbons (Fsp3) is 0.176. The number of nitrogens with zero attached hydrogens (tertiary/aromatic N) is 1. The number of ether oxygens (including phenoxy) is 1. The van der Waals surface area contributed by atoms with Crippen LogP contribution in [0, 0.1) is 6.92 Å². The van der Waals surface area contributed by atoms with Crippen molar-refractivity contribution in [3.05, 3.63) is 47.0 Å². The van der Waals surface area contributed by atoms with E-state index >= 15 is 0 Å². The molecule has 0 aliphatic carbocycles. The minimum Gasteiger partial charge on any atom is -0.544 e. The molecule has 0 spiro atoms. The number of aromatic carboxylic acids is 1. The van der Waals surface area contributed by atoms with Crippen LogP contribution in [0.4, 0.5) is 0 Å². The van der Waals surface area contributed by atoms with E-state index in [9.17, 15) is 9.90 Å². The van der Waals surface area contributed by atoms with Crippen molar-refractivity contribution in [2.75, 3.05) is 6.61 Å². The monoisotopic (exact) mass is 312 g/mol. The molecule has 0 saturated carbocycles. The highest BCUT2D eigenvalue weighted by Crippen LogP contribution is 2.39. The van der Waals surface area contributed by atoms with E-state index in [1.807, 2.05) is 43.3 Å². The molecule has 2 aromatic carbocycles. The van der Waals surface area contributed by atoms with Gasteiger partial charge in [0.2, 0.25) is 0 Å². The van der Waals surface area contributed by atoms with Crippen molar-refractivity contribution in [1.29, 1.82) is 0 Å². The minimum atomic E-state index is -1.19. The van der Waals surface area contributed by atoms with E-state index in [2.05, 4.69) is 4.98 Å². The van der Waals surface area contributed by atoms with Crippen LogP contribution in [0.1, 0.15) is 22.3 Å². The molecule has 3 rings (SSSR count). The van der Waals surface area contributed by atoms with Crippen LogP contribution in [-0.4, -0.2) is 17.6 Å². The summed E-state index contributed by atoms with van der Waals surface area (Å²) in [6.45, 7) is 4.12. The molecule has 22 heavy (non-hydrogen) atoms. The number of rotatable bonds is 4. The first-order valence-electron chi connectivity index (χ1n) is 6.95. The van der Waals surface area contributed by atoms with Gasteiger partial charge in [0.05, 0.1) is 28.7 Å². The smallest absolute Gasteiger partial charge is 0.130 e. The maximum Gasteiger partial charge on any atom is 0.130 e. The highest BCUT2D eigenvalue weighted by Gasteiger charge is 2.17. The summed E-state index contributed by atoms with van der Waals surface area (Å²) < 4.78 is 5.71. The Bertz CT molecular complexity index is 854. The second-order valence-electron chi connectivity index (χ2n) is 4.81. The van der Waals surface area contributed by atoms with E-state index in [1.165, 1.54) is 0 Å². The fourth-order valence-electron chi connectivity index (χ4n) is 2.44. The van der Waals surface area contributed by atoms with E-state index in [4.69, 9.17) is 4.74 Å². The number of carboxylic acid groups (broad SMARTS) is 1. The van der Waals surface area contributed by atoms with Crippen LogP contribution in [0.15, 0.2) is 36.4 Å². The summed E-state index contributed by atoms with van der Waals surface area (Å²) in [5.74, 6) is -0.487. The van der Waals surface area contributed by atoms with Crippen LogP contribution >= 0.6 is 11.3 Å². The highest BCUT2D eigenvalue weighted by molar-refractivity contribution is 7.17. The molecule has 0 saturated heterocycles. The second-order valence-corrected chi connectivity index (χ2v) is 5.81. The molecule has 0 fully saturated rings. The molecule has 4 nitrogen and oxygen atoms in total. The summed E-state index contributed by atoms with van der Waals surface area (Å²) >= 11 is 1.12. The molecule has 5 heteroatoms. The lowest BCUT2D eigenvalue weighted by molar-refractivity contribution is -0.254. The van der Waals surface area contributed by atoms with Gasteiger partial charge in [-0.3, -0.25) is 0 Å². The van der Waals surface area contributed by atoms with Gasteiger partial charge in [-0.05, 0) is 30.7 Å². The second kappa shape index (κ2) is 5.77. The average molecular weight is 312 g/mol. The van der Waals surface area contributed by atoms with Gasteiger partial charge in [-0.15, -0.1) is 11.3 Å². The first-order chi connectivity index (χ1) is 10.6. The fourth-order valence-corrected chi connectivity index (χ4v) is 3.41.